The third-order valence-corrected chi connectivity index (χ3v) is 4.77. The summed E-state index contributed by atoms with van der Waals surface area (Å²) in [6, 6.07) is 3.64. The molecule has 0 aliphatic rings. The van der Waals surface area contributed by atoms with Gasteiger partial charge in [0.1, 0.15) is 16.3 Å². The van der Waals surface area contributed by atoms with Gasteiger partial charge in [0.25, 0.3) is 5.91 Å². The van der Waals surface area contributed by atoms with Gasteiger partial charge in [-0.2, -0.15) is 0 Å². The van der Waals surface area contributed by atoms with Gasteiger partial charge in [0.2, 0.25) is 0 Å². The largest absolute Gasteiger partial charge is 0.495 e. The van der Waals surface area contributed by atoms with Crippen molar-refractivity contribution in [3.63, 3.8) is 0 Å². The van der Waals surface area contributed by atoms with Crippen molar-refractivity contribution >= 4 is 54.2 Å². The van der Waals surface area contributed by atoms with Crippen molar-refractivity contribution in [2.45, 2.75) is 0 Å². The third-order valence-electron chi connectivity index (χ3n) is 3.36. The summed E-state index contributed by atoms with van der Waals surface area (Å²) in [4.78, 5) is 26.7. The number of ether oxygens (including phenoxy) is 1. The van der Waals surface area contributed by atoms with Gasteiger partial charge in [-0.05, 0) is 22.0 Å². The molecule has 0 radical (unpaired) electrons. The Bertz CT molecular complexity index is 1070. The maximum atomic E-state index is 12.4. The standard InChI is InChI=1S/C15H10BrN5O2S/c1-23-10-3-9(5-17-6-10)19-13(22)11-7-21-12-2-8(16)4-18-14(12)24-15(21)20-11/h2-7H,1H3,(H,19,22). The van der Waals surface area contributed by atoms with Gasteiger partial charge < -0.3 is 10.1 Å². The van der Waals surface area contributed by atoms with Crippen LogP contribution in [0.5, 0.6) is 5.75 Å². The van der Waals surface area contributed by atoms with Gasteiger partial charge in [0.15, 0.2) is 4.96 Å². The average Bonchev–Trinajstić information content (AvgIpc) is 3.13. The highest BCUT2D eigenvalue weighted by Gasteiger charge is 2.15. The Morgan fingerprint density at radius 3 is 3.04 bits per heavy atom. The lowest BCUT2D eigenvalue weighted by molar-refractivity contribution is 0.102. The minimum Gasteiger partial charge on any atom is -0.495 e. The minimum atomic E-state index is -0.308. The van der Waals surface area contributed by atoms with E-state index in [1.807, 2.05) is 10.5 Å². The Hall–Kier alpha value is -2.52. The molecule has 9 heteroatoms. The Morgan fingerprint density at radius 1 is 1.33 bits per heavy atom. The molecule has 0 atom stereocenters. The average molecular weight is 404 g/mol. The van der Waals surface area contributed by atoms with Gasteiger partial charge in [0, 0.05) is 22.9 Å². The zero-order valence-corrected chi connectivity index (χ0v) is 14.8. The van der Waals surface area contributed by atoms with Crippen LogP contribution in [0.4, 0.5) is 5.69 Å². The summed E-state index contributed by atoms with van der Waals surface area (Å²) in [7, 11) is 1.55. The molecule has 0 bridgehead atoms. The highest BCUT2D eigenvalue weighted by Crippen LogP contribution is 2.27. The van der Waals surface area contributed by atoms with Crippen LogP contribution in [0, 0.1) is 0 Å². The highest BCUT2D eigenvalue weighted by atomic mass is 79.9. The van der Waals surface area contributed by atoms with Crippen molar-refractivity contribution < 1.29 is 9.53 Å². The molecule has 24 heavy (non-hydrogen) atoms. The maximum absolute atomic E-state index is 12.4. The molecule has 0 unspecified atom stereocenters. The van der Waals surface area contributed by atoms with Crippen LogP contribution in [0.15, 0.2) is 41.4 Å². The molecular weight excluding hydrogens is 394 g/mol. The molecule has 4 aromatic rings. The molecular formula is C15H10BrN5O2S. The number of hydrogen-bond donors (Lipinski definition) is 1. The first-order valence-electron chi connectivity index (χ1n) is 6.87. The van der Waals surface area contributed by atoms with E-state index < -0.39 is 0 Å². The molecule has 0 aliphatic carbocycles. The SMILES string of the molecule is COc1cncc(NC(=O)c2cn3c(n2)sc2ncc(Br)cc23)c1. The molecule has 4 heterocycles. The molecule has 0 fully saturated rings. The van der Waals surface area contributed by atoms with Gasteiger partial charge in [-0.3, -0.25) is 14.2 Å². The van der Waals surface area contributed by atoms with Crippen molar-refractivity contribution in [1.29, 1.82) is 0 Å². The number of carbonyl (C=O) groups excluding carboxylic acids is 1. The maximum Gasteiger partial charge on any atom is 0.275 e. The molecule has 4 rings (SSSR count). The lowest BCUT2D eigenvalue weighted by Crippen LogP contribution is -2.12. The zero-order valence-electron chi connectivity index (χ0n) is 12.4. The lowest BCUT2D eigenvalue weighted by Gasteiger charge is -2.04. The monoisotopic (exact) mass is 403 g/mol. The number of nitrogens with one attached hydrogen (secondary N) is 1. The Kier molecular flexibility index (Phi) is 3.66. The molecule has 120 valence electrons. The lowest BCUT2D eigenvalue weighted by atomic mass is 10.3. The number of amides is 1. The van der Waals surface area contributed by atoms with E-state index in [2.05, 4.69) is 36.2 Å². The van der Waals surface area contributed by atoms with E-state index in [-0.39, 0.29) is 5.91 Å². The summed E-state index contributed by atoms with van der Waals surface area (Å²) in [6.45, 7) is 0. The summed E-state index contributed by atoms with van der Waals surface area (Å²) in [5.74, 6) is 0.262. The zero-order chi connectivity index (χ0) is 16.7. The number of fused-ring (bicyclic) bond motifs is 3. The number of rotatable bonds is 3. The molecule has 0 aliphatic heterocycles. The Labute approximate surface area is 148 Å². The van der Waals surface area contributed by atoms with E-state index in [0.29, 0.717) is 22.1 Å². The summed E-state index contributed by atoms with van der Waals surface area (Å²) in [5, 5.41) is 2.77. The number of methoxy groups -OCH3 is 1. The second-order valence-electron chi connectivity index (χ2n) is 4.93. The van der Waals surface area contributed by atoms with Crippen LogP contribution < -0.4 is 10.1 Å². The van der Waals surface area contributed by atoms with Gasteiger partial charge >= 0.3 is 0 Å². The van der Waals surface area contributed by atoms with Crippen LogP contribution in [0.25, 0.3) is 15.3 Å². The van der Waals surface area contributed by atoms with Gasteiger partial charge in [0.05, 0.1) is 30.7 Å². The van der Waals surface area contributed by atoms with Crippen LogP contribution in [0.2, 0.25) is 0 Å². The second-order valence-corrected chi connectivity index (χ2v) is 6.80. The van der Waals surface area contributed by atoms with E-state index in [0.717, 1.165) is 14.8 Å². The van der Waals surface area contributed by atoms with E-state index >= 15 is 0 Å². The fraction of sp³-hybridized carbons (Fsp3) is 0.0667. The summed E-state index contributed by atoms with van der Waals surface area (Å²) >= 11 is 4.84. The number of pyridine rings is 2. The number of halogens is 1. The van der Waals surface area contributed by atoms with Gasteiger partial charge in [-0.25, -0.2) is 9.97 Å². The Morgan fingerprint density at radius 2 is 2.21 bits per heavy atom. The van der Waals surface area contributed by atoms with Crippen LogP contribution in [0.1, 0.15) is 10.5 Å². The topological polar surface area (TPSA) is 81.4 Å². The summed E-state index contributed by atoms with van der Waals surface area (Å²) < 4.78 is 7.82. The number of anilines is 1. The number of aromatic nitrogens is 4. The smallest absolute Gasteiger partial charge is 0.275 e. The number of imidazole rings is 1. The Balaban J connectivity index is 1.68. The predicted octanol–water partition coefficient (Wildman–Crippen LogP) is 3.36. The first-order chi connectivity index (χ1) is 11.6. The minimum absolute atomic E-state index is 0.308. The first-order valence-corrected chi connectivity index (χ1v) is 8.48. The quantitative estimate of drug-likeness (QED) is 0.566. The number of carbonyl (C=O) groups is 1. The molecule has 0 saturated carbocycles. The van der Waals surface area contributed by atoms with E-state index in [4.69, 9.17) is 4.74 Å². The van der Waals surface area contributed by atoms with Crippen LogP contribution in [-0.4, -0.2) is 32.4 Å². The first kappa shape index (κ1) is 15.0. The third kappa shape index (κ3) is 2.61. The van der Waals surface area contributed by atoms with Crippen molar-refractivity contribution in [1.82, 2.24) is 19.4 Å². The number of hydrogen-bond acceptors (Lipinski definition) is 6. The van der Waals surface area contributed by atoms with Crippen LogP contribution in [-0.2, 0) is 0 Å². The van der Waals surface area contributed by atoms with Crippen molar-refractivity contribution in [2.75, 3.05) is 12.4 Å². The van der Waals surface area contributed by atoms with Crippen LogP contribution in [0.3, 0.4) is 0 Å². The summed E-state index contributed by atoms with van der Waals surface area (Å²) in [6.07, 6.45) is 6.56. The molecule has 0 saturated heterocycles. The fourth-order valence-corrected chi connectivity index (χ4v) is 3.52. The number of nitrogens with zero attached hydrogens (tertiary/aromatic N) is 4. The fourth-order valence-electron chi connectivity index (χ4n) is 2.26. The van der Waals surface area contributed by atoms with Gasteiger partial charge in [-0.15, -0.1) is 0 Å². The van der Waals surface area contributed by atoms with E-state index in [9.17, 15) is 4.79 Å². The molecule has 1 amide bonds. The second kappa shape index (κ2) is 5.84. The highest BCUT2D eigenvalue weighted by molar-refractivity contribution is 9.10. The van der Waals surface area contributed by atoms with E-state index in [1.165, 1.54) is 11.3 Å². The molecule has 1 N–H and O–H groups in total. The normalized spacial score (nSPS) is 11.1. The van der Waals surface area contributed by atoms with Crippen molar-refractivity contribution in [3.8, 4) is 5.75 Å². The molecule has 0 aromatic carbocycles. The molecule has 0 spiro atoms. The van der Waals surface area contributed by atoms with Crippen molar-refractivity contribution in [3.05, 3.63) is 47.1 Å². The predicted molar refractivity (Wildman–Crippen MR) is 94.8 cm³/mol. The van der Waals surface area contributed by atoms with Crippen LogP contribution >= 0.6 is 27.3 Å². The van der Waals surface area contributed by atoms with Gasteiger partial charge in [-0.1, -0.05) is 11.3 Å². The van der Waals surface area contributed by atoms with Crippen molar-refractivity contribution in [2.24, 2.45) is 0 Å². The number of thiazole rings is 1. The molecule has 4 aromatic heterocycles. The van der Waals surface area contributed by atoms with E-state index in [1.54, 1.807) is 38.0 Å². The molecule has 7 nitrogen and oxygen atoms in total. The summed E-state index contributed by atoms with van der Waals surface area (Å²) in [5.41, 5.74) is 1.77.